The van der Waals surface area contributed by atoms with Gasteiger partial charge in [0.25, 0.3) is 5.91 Å². The van der Waals surface area contributed by atoms with Crippen molar-refractivity contribution >= 4 is 45.0 Å². The topological polar surface area (TPSA) is 73.2 Å². The highest BCUT2D eigenvalue weighted by molar-refractivity contribution is 7.20. The Balaban J connectivity index is 1.74. The number of nitrogens with one attached hydrogen (secondary N) is 1. The maximum absolute atomic E-state index is 12.4. The third-order valence-electron chi connectivity index (χ3n) is 4.44. The maximum atomic E-state index is 12.4. The number of carbonyl (C=O) groups is 2. The molecule has 0 unspecified atom stereocenters. The van der Waals surface area contributed by atoms with Crippen LogP contribution in [0, 0.1) is 6.92 Å². The first-order chi connectivity index (χ1) is 13.4. The molecule has 0 radical (unpaired) electrons. The lowest BCUT2D eigenvalue weighted by molar-refractivity contribution is -0.124. The zero-order valence-electron chi connectivity index (χ0n) is 16.0. The van der Waals surface area contributed by atoms with Crippen LogP contribution in [0.2, 0.25) is 5.02 Å². The monoisotopic (exact) mass is 419 g/mol. The average Bonchev–Trinajstić information content (AvgIpc) is 3.23. The fourth-order valence-electron chi connectivity index (χ4n) is 2.73. The second kappa shape index (κ2) is 8.75. The molecule has 1 atom stereocenters. The number of esters is 1. The lowest BCUT2D eigenvalue weighted by Crippen LogP contribution is -2.35. The summed E-state index contributed by atoms with van der Waals surface area (Å²) in [6, 6.07) is 9.41. The molecule has 28 heavy (non-hydrogen) atoms. The molecule has 1 N–H and O–H groups in total. The van der Waals surface area contributed by atoms with Gasteiger partial charge in [-0.15, -0.1) is 11.3 Å². The van der Waals surface area contributed by atoms with Gasteiger partial charge in [0.2, 0.25) is 0 Å². The van der Waals surface area contributed by atoms with Crippen molar-refractivity contribution in [1.82, 2.24) is 15.1 Å². The van der Waals surface area contributed by atoms with Gasteiger partial charge in [-0.05, 0) is 38.0 Å². The van der Waals surface area contributed by atoms with E-state index in [0.29, 0.717) is 16.4 Å². The van der Waals surface area contributed by atoms with Crippen molar-refractivity contribution in [3.63, 3.8) is 0 Å². The SMILES string of the molecule is CC[C@H](C)NC(=O)COC(=O)c1cc2c(C)nn(Cc3ccccc3Cl)c2s1. The minimum atomic E-state index is -0.510. The van der Waals surface area contributed by atoms with Crippen LogP contribution in [0.4, 0.5) is 0 Å². The number of benzene rings is 1. The van der Waals surface area contributed by atoms with Crippen molar-refractivity contribution in [2.75, 3.05) is 6.61 Å². The minimum absolute atomic E-state index is 0.0500. The first-order valence-electron chi connectivity index (χ1n) is 9.05. The third-order valence-corrected chi connectivity index (χ3v) is 5.94. The van der Waals surface area contributed by atoms with Crippen molar-refractivity contribution < 1.29 is 14.3 Å². The average molecular weight is 420 g/mol. The second-order valence-electron chi connectivity index (χ2n) is 6.62. The van der Waals surface area contributed by atoms with Crippen LogP contribution in [-0.4, -0.2) is 34.3 Å². The van der Waals surface area contributed by atoms with Crippen LogP contribution in [0.25, 0.3) is 10.2 Å². The van der Waals surface area contributed by atoms with Gasteiger partial charge in [0.1, 0.15) is 9.71 Å². The summed E-state index contributed by atoms with van der Waals surface area (Å²) in [5.74, 6) is -0.811. The van der Waals surface area contributed by atoms with Crippen molar-refractivity contribution in [3.05, 3.63) is 51.5 Å². The number of aromatic nitrogens is 2. The Bertz CT molecular complexity index is 1010. The molecule has 0 aliphatic heterocycles. The zero-order chi connectivity index (χ0) is 20.3. The molecule has 1 aromatic carbocycles. The van der Waals surface area contributed by atoms with Gasteiger partial charge >= 0.3 is 5.97 Å². The summed E-state index contributed by atoms with van der Waals surface area (Å²) in [5.41, 5.74) is 1.78. The Hall–Kier alpha value is -2.38. The number of rotatable bonds is 7. The molecule has 2 heterocycles. The molecule has 0 saturated carbocycles. The van der Waals surface area contributed by atoms with Gasteiger partial charge in [-0.1, -0.05) is 36.7 Å². The van der Waals surface area contributed by atoms with Crippen LogP contribution in [0.5, 0.6) is 0 Å². The fraction of sp³-hybridized carbons (Fsp3) is 0.350. The number of ether oxygens (including phenoxy) is 1. The number of aryl methyl sites for hydroxylation is 1. The van der Waals surface area contributed by atoms with Crippen LogP contribution in [0.15, 0.2) is 30.3 Å². The Labute approximate surface area is 172 Å². The molecule has 0 saturated heterocycles. The van der Waals surface area contributed by atoms with E-state index in [1.165, 1.54) is 11.3 Å². The smallest absolute Gasteiger partial charge is 0.348 e. The summed E-state index contributed by atoms with van der Waals surface area (Å²) in [6.45, 7) is 5.99. The molecule has 3 aromatic rings. The van der Waals surface area contributed by atoms with E-state index >= 15 is 0 Å². The van der Waals surface area contributed by atoms with E-state index in [1.807, 2.05) is 49.7 Å². The van der Waals surface area contributed by atoms with Gasteiger partial charge < -0.3 is 10.1 Å². The first-order valence-corrected chi connectivity index (χ1v) is 10.2. The lowest BCUT2D eigenvalue weighted by atomic mass is 10.2. The zero-order valence-corrected chi connectivity index (χ0v) is 17.6. The van der Waals surface area contributed by atoms with Crippen molar-refractivity contribution in [1.29, 1.82) is 0 Å². The summed E-state index contributed by atoms with van der Waals surface area (Å²) < 4.78 is 7.00. The lowest BCUT2D eigenvalue weighted by Gasteiger charge is -2.11. The summed E-state index contributed by atoms with van der Waals surface area (Å²) in [7, 11) is 0. The molecule has 8 heteroatoms. The molecule has 3 rings (SSSR count). The molecule has 0 fully saturated rings. The summed E-state index contributed by atoms with van der Waals surface area (Å²) in [4.78, 5) is 25.5. The molecular weight excluding hydrogens is 398 g/mol. The van der Waals surface area contributed by atoms with Gasteiger partial charge in [-0.3, -0.25) is 9.48 Å². The van der Waals surface area contributed by atoms with E-state index in [0.717, 1.165) is 27.9 Å². The summed E-state index contributed by atoms with van der Waals surface area (Å²) in [6.07, 6.45) is 0.817. The number of carbonyl (C=O) groups excluding carboxylic acids is 2. The number of fused-ring (bicyclic) bond motifs is 1. The quantitative estimate of drug-likeness (QED) is 0.583. The van der Waals surface area contributed by atoms with Gasteiger partial charge in [-0.25, -0.2) is 4.79 Å². The van der Waals surface area contributed by atoms with Gasteiger partial charge in [0.05, 0.1) is 12.2 Å². The standard InChI is InChI=1S/C20H22ClN3O3S/c1-4-12(2)22-18(25)11-27-20(26)17-9-15-13(3)23-24(19(15)28-17)10-14-7-5-6-8-16(14)21/h5-9,12H,4,10-11H2,1-3H3,(H,22,25)/t12-/m0/s1. The number of amides is 1. The van der Waals surface area contributed by atoms with Crippen molar-refractivity contribution in [3.8, 4) is 0 Å². The van der Waals surface area contributed by atoms with Crippen LogP contribution >= 0.6 is 22.9 Å². The predicted octanol–water partition coefficient (Wildman–Crippen LogP) is 4.18. The number of hydrogen-bond acceptors (Lipinski definition) is 5. The Morgan fingerprint density at radius 3 is 2.82 bits per heavy atom. The number of halogens is 1. The Morgan fingerprint density at radius 1 is 1.36 bits per heavy atom. The highest BCUT2D eigenvalue weighted by Crippen LogP contribution is 2.30. The third kappa shape index (κ3) is 4.54. The molecule has 0 aliphatic carbocycles. The summed E-state index contributed by atoms with van der Waals surface area (Å²) >= 11 is 7.55. The van der Waals surface area contributed by atoms with Gasteiger partial charge in [-0.2, -0.15) is 5.10 Å². The van der Waals surface area contributed by atoms with Crippen molar-refractivity contribution in [2.24, 2.45) is 0 Å². The highest BCUT2D eigenvalue weighted by atomic mass is 35.5. The van der Waals surface area contributed by atoms with E-state index in [1.54, 1.807) is 6.07 Å². The van der Waals surface area contributed by atoms with E-state index in [9.17, 15) is 9.59 Å². The Morgan fingerprint density at radius 2 is 2.11 bits per heavy atom. The molecule has 1 amide bonds. The number of hydrogen-bond donors (Lipinski definition) is 1. The molecular formula is C20H22ClN3O3S. The van der Waals surface area contributed by atoms with Crippen molar-refractivity contribution in [2.45, 2.75) is 39.8 Å². The maximum Gasteiger partial charge on any atom is 0.348 e. The summed E-state index contributed by atoms with van der Waals surface area (Å²) in [5, 5.41) is 8.89. The van der Waals surface area contributed by atoms with Crippen LogP contribution in [0.1, 0.15) is 41.2 Å². The van der Waals surface area contributed by atoms with E-state index in [4.69, 9.17) is 16.3 Å². The molecule has 6 nitrogen and oxygen atoms in total. The predicted molar refractivity (Wildman–Crippen MR) is 111 cm³/mol. The number of thiophene rings is 1. The van der Waals surface area contributed by atoms with E-state index < -0.39 is 5.97 Å². The molecule has 0 aliphatic rings. The van der Waals surface area contributed by atoms with E-state index in [2.05, 4.69) is 10.4 Å². The minimum Gasteiger partial charge on any atom is -0.451 e. The second-order valence-corrected chi connectivity index (χ2v) is 8.05. The van der Waals surface area contributed by atoms with Gasteiger partial charge in [0, 0.05) is 16.5 Å². The molecule has 0 bridgehead atoms. The normalized spacial score (nSPS) is 12.1. The Kier molecular flexibility index (Phi) is 6.36. The largest absolute Gasteiger partial charge is 0.451 e. The number of nitrogens with zero attached hydrogens (tertiary/aromatic N) is 2. The van der Waals surface area contributed by atoms with Crippen LogP contribution in [0.3, 0.4) is 0 Å². The first kappa shape index (κ1) is 20.4. The molecule has 0 spiro atoms. The highest BCUT2D eigenvalue weighted by Gasteiger charge is 2.19. The van der Waals surface area contributed by atoms with E-state index in [-0.39, 0.29) is 18.6 Å². The molecule has 2 aromatic heterocycles. The van der Waals surface area contributed by atoms with Gasteiger partial charge in [0.15, 0.2) is 6.61 Å². The van der Waals surface area contributed by atoms with Crippen LogP contribution < -0.4 is 5.32 Å². The molecule has 148 valence electrons. The fourth-order valence-corrected chi connectivity index (χ4v) is 3.98. The van der Waals surface area contributed by atoms with Crippen LogP contribution in [-0.2, 0) is 16.1 Å².